The summed E-state index contributed by atoms with van der Waals surface area (Å²) < 4.78 is 0. The van der Waals surface area contributed by atoms with Gasteiger partial charge in [-0.2, -0.15) is 0 Å². The molecule has 0 fully saturated rings. The Morgan fingerprint density at radius 3 is 1.48 bits per heavy atom. The van der Waals surface area contributed by atoms with Gasteiger partial charge in [-0.15, -0.1) is 0 Å². The summed E-state index contributed by atoms with van der Waals surface area (Å²) >= 11 is 0. The standard InChI is InChI=1S/C37H46N4O5/c1-9-40(21-30(42)43)26-15-11-23(12-16-26)32-33(24-13-17-27(18-14-24)41(10-2)22-31(44)45)39-35(38-32)25-19-28(36(3,4)5)34(46)29(20-25)37(6,7)8/h11-20,46H,9-10,21-22H2,1-8H3,(H,38,39)(H,42,43)(H,44,45). The molecular formula is C37H46N4O5. The molecule has 1 heterocycles. The SMILES string of the molecule is CCN(CC(=O)O)c1ccc(-c2nc(-c3cc(C(C)(C)C)c(O)c(C(C)(C)C)c3)[nH]c2-c2ccc(N(CC)CC(=O)O)cc2)cc1. The normalized spacial score (nSPS) is 11.8. The van der Waals surface area contributed by atoms with Gasteiger partial charge < -0.3 is 30.1 Å². The number of aromatic amines is 1. The summed E-state index contributed by atoms with van der Waals surface area (Å²) in [4.78, 5) is 35.1. The van der Waals surface area contributed by atoms with Crippen LogP contribution in [0, 0.1) is 0 Å². The molecule has 46 heavy (non-hydrogen) atoms. The largest absolute Gasteiger partial charge is 0.507 e. The van der Waals surface area contributed by atoms with Crippen molar-refractivity contribution in [1.82, 2.24) is 9.97 Å². The first kappa shape index (κ1) is 34.1. The molecule has 0 aliphatic carbocycles. The molecule has 0 atom stereocenters. The molecule has 0 radical (unpaired) electrons. The highest BCUT2D eigenvalue weighted by Gasteiger charge is 2.28. The number of nitrogens with one attached hydrogen (secondary N) is 1. The zero-order valence-electron chi connectivity index (χ0n) is 28.1. The number of nitrogens with zero attached hydrogens (tertiary/aromatic N) is 3. The van der Waals surface area contributed by atoms with Crippen LogP contribution in [-0.2, 0) is 20.4 Å². The van der Waals surface area contributed by atoms with Crippen LogP contribution in [0.2, 0.25) is 0 Å². The Bertz CT molecular complexity index is 1570. The number of hydrogen-bond donors (Lipinski definition) is 4. The lowest BCUT2D eigenvalue weighted by atomic mass is 9.78. The van der Waals surface area contributed by atoms with Crippen LogP contribution in [0.3, 0.4) is 0 Å². The van der Waals surface area contributed by atoms with Crippen LogP contribution in [0.25, 0.3) is 33.9 Å². The number of aromatic hydroxyl groups is 1. The van der Waals surface area contributed by atoms with Crippen LogP contribution in [0.1, 0.15) is 66.5 Å². The van der Waals surface area contributed by atoms with E-state index in [1.807, 2.05) is 74.5 Å². The fourth-order valence-corrected chi connectivity index (χ4v) is 5.61. The highest BCUT2D eigenvalue weighted by Crippen LogP contribution is 2.43. The van der Waals surface area contributed by atoms with Crippen molar-refractivity contribution >= 4 is 23.3 Å². The quantitative estimate of drug-likeness (QED) is 0.134. The van der Waals surface area contributed by atoms with Crippen molar-refractivity contribution in [3.8, 4) is 39.7 Å². The monoisotopic (exact) mass is 626 g/mol. The van der Waals surface area contributed by atoms with E-state index in [-0.39, 0.29) is 23.9 Å². The van der Waals surface area contributed by atoms with E-state index < -0.39 is 11.9 Å². The molecule has 4 rings (SSSR count). The highest BCUT2D eigenvalue weighted by molar-refractivity contribution is 5.83. The molecule has 0 spiro atoms. The van der Waals surface area contributed by atoms with Gasteiger partial charge in [-0.1, -0.05) is 65.8 Å². The Hall–Kier alpha value is -4.79. The first-order valence-corrected chi connectivity index (χ1v) is 15.7. The van der Waals surface area contributed by atoms with Crippen molar-refractivity contribution in [2.24, 2.45) is 0 Å². The number of aromatic nitrogens is 2. The molecule has 4 N–H and O–H groups in total. The number of phenols is 1. The molecule has 9 nitrogen and oxygen atoms in total. The number of carboxylic acids is 2. The molecule has 0 saturated heterocycles. The maximum absolute atomic E-state index is 11.4. The average molecular weight is 627 g/mol. The van der Waals surface area contributed by atoms with E-state index in [1.54, 1.807) is 9.80 Å². The van der Waals surface area contributed by atoms with E-state index in [0.717, 1.165) is 50.6 Å². The second kappa shape index (κ2) is 13.3. The number of phenolic OH excluding ortho intramolecular Hbond substituents is 1. The molecule has 0 saturated carbocycles. The molecule has 0 bridgehead atoms. The lowest BCUT2D eigenvalue weighted by Crippen LogP contribution is -2.29. The van der Waals surface area contributed by atoms with Crippen molar-refractivity contribution in [3.63, 3.8) is 0 Å². The molecule has 244 valence electrons. The third-order valence-electron chi connectivity index (χ3n) is 8.15. The van der Waals surface area contributed by atoms with Gasteiger partial charge >= 0.3 is 11.9 Å². The van der Waals surface area contributed by atoms with Gasteiger partial charge in [-0.25, -0.2) is 4.98 Å². The smallest absolute Gasteiger partial charge is 0.323 e. The first-order chi connectivity index (χ1) is 21.5. The second-order valence-corrected chi connectivity index (χ2v) is 13.6. The number of carboxylic acid groups (broad SMARTS) is 2. The average Bonchev–Trinajstić information content (AvgIpc) is 3.43. The molecule has 0 aliphatic rings. The fraction of sp³-hybridized carbons (Fsp3) is 0.378. The number of likely N-dealkylation sites (N-methyl/N-ethyl adjacent to an activating group) is 2. The number of anilines is 2. The number of H-pyrrole nitrogens is 1. The minimum atomic E-state index is -0.892. The summed E-state index contributed by atoms with van der Waals surface area (Å²) in [5.74, 6) is -0.836. The second-order valence-electron chi connectivity index (χ2n) is 13.6. The Balaban J connectivity index is 1.90. The molecule has 0 amide bonds. The number of benzene rings is 3. The van der Waals surface area contributed by atoms with Gasteiger partial charge in [0.2, 0.25) is 0 Å². The number of rotatable bonds is 11. The maximum Gasteiger partial charge on any atom is 0.323 e. The molecule has 1 aromatic heterocycles. The van der Waals surface area contributed by atoms with E-state index in [4.69, 9.17) is 4.98 Å². The predicted molar refractivity (Wildman–Crippen MR) is 185 cm³/mol. The van der Waals surface area contributed by atoms with Crippen LogP contribution >= 0.6 is 0 Å². The number of carbonyl (C=O) groups is 2. The van der Waals surface area contributed by atoms with Crippen LogP contribution < -0.4 is 9.80 Å². The van der Waals surface area contributed by atoms with Gasteiger partial charge in [0.25, 0.3) is 0 Å². The molecule has 4 aromatic rings. The Labute approximate surface area is 271 Å². The Kier molecular flexibility index (Phi) is 9.85. The van der Waals surface area contributed by atoms with Crippen molar-refractivity contribution in [2.45, 2.75) is 66.2 Å². The lowest BCUT2D eigenvalue weighted by molar-refractivity contribution is -0.136. The summed E-state index contributed by atoms with van der Waals surface area (Å²) in [6, 6.07) is 19.4. The minimum Gasteiger partial charge on any atom is -0.507 e. The van der Waals surface area contributed by atoms with Crippen LogP contribution in [0.4, 0.5) is 11.4 Å². The van der Waals surface area contributed by atoms with E-state index in [2.05, 4.69) is 46.5 Å². The predicted octanol–water partition coefficient (Wildman–Crippen LogP) is 7.53. The highest BCUT2D eigenvalue weighted by atomic mass is 16.4. The number of aliphatic carboxylic acids is 2. The van der Waals surface area contributed by atoms with Gasteiger partial charge in [0.1, 0.15) is 24.7 Å². The first-order valence-electron chi connectivity index (χ1n) is 15.7. The summed E-state index contributed by atoms with van der Waals surface area (Å²) in [6.07, 6.45) is 0. The number of imidazole rings is 1. The van der Waals surface area contributed by atoms with Crippen LogP contribution in [0.5, 0.6) is 5.75 Å². The lowest BCUT2D eigenvalue weighted by Gasteiger charge is -2.28. The summed E-state index contributed by atoms with van der Waals surface area (Å²) in [5.41, 5.74) is 6.73. The van der Waals surface area contributed by atoms with Crippen LogP contribution in [-0.4, -0.2) is 63.4 Å². The minimum absolute atomic E-state index is 0.0919. The molecule has 0 unspecified atom stereocenters. The van der Waals surface area contributed by atoms with Gasteiger partial charge in [0.15, 0.2) is 0 Å². The Morgan fingerprint density at radius 1 is 0.696 bits per heavy atom. The van der Waals surface area contributed by atoms with Gasteiger partial charge in [-0.05, 0) is 61.1 Å². The Morgan fingerprint density at radius 2 is 1.11 bits per heavy atom. The zero-order valence-corrected chi connectivity index (χ0v) is 28.1. The summed E-state index contributed by atoms with van der Waals surface area (Å²) in [6.45, 7) is 17.2. The van der Waals surface area contributed by atoms with Crippen molar-refractivity contribution in [2.75, 3.05) is 36.0 Å². The third-order valence-corrected chi connectivity index (χ3v) is 8.15. The van der Waals surface area contributed by atoms with Crippen molar-refractivity contribution in [1.29, 1.82) is 0 Å². The fourth-order valence-electron chi connectivity index (χ4n) is 5.61. The van der Waals surface area contributed by atoms with E-state index in [9.17, 15) is 24.9 Å². The maximum atomic E-state index is 11.4. The van der Waals surface area contributed by atoms with E-state index >= 15 is 0 Å². The molecule has 3 aromatic carbocycles. The topological polar surface area (TPSA) is 130 Å². The van der Waals surface area contributed by atoms with E-state index in [1.165, 1.54) is 0 Å². The zero-order chi connectivity index (χ0) is 34.0. The van der Waals surface area contributed by atoms with Crippen molar-refractivity contribution in [3.05, 3.63) is 71.8 Å². The summed E-state index contributed by atoms with van der Waals surface area (Å²) in [5, 5.41) is 30.0. The van der Waals surface area contributed by atoms with Crippen LogP contribution in [0.15, 0.2) is 60.7 Å². The van der Waals surface area contributed by atoms with E-state index in [0.29, 0.717) is 24.7 Å². The number of hydrogen-bond acceptors (Lipinski definition) is 6. The molecule has 0 aliphatic heterocycles. The third kappa shape index (κ3) is 7.53. The molecule has 9 heteroatoms. The van der Waals surface area contributed by atoms with Gasteiger partial charge in [-0.3, -0.25) is 9.59 Å². The summed E-state index contributed by atoms with van der Waals surface area (Å²) in [7, 11) is 0. The molecular weight excluding hydrogens is 580 g/mol. The van der Waals surface area contributed by atoms with Gasteiger partial charge in [0.05, 0.1) is 11.4 Å². The van der Waals surface area contributed by atoms with Gasteiger partial charge in [0, 0.05) is 52.3 Å². The van der Waals surface area contributed by atoms with Crippen molar-refractivity contribution < 1.29 is 24.9 Å².